The Hall–Kier alpha value is -2.04. The third-order valence-corrected chi connectivity index (χ3v) is 4.08. The van der Waals surface area contributed by atoms with Crippen molar-refractivity contribution in [2.24, 2.45) is 0 Å². The average Bonchev–Trinajstić information content (AvgIpc) is 2.56. The largest absolute Gasteiger partial charge is 0.497 e. The van der Waals surface area contributed by atoms with E-state index in [1.54, 1.807) is 7.11 Å². The van der Waals surface area contributed by atoms with Gasteiger partial charge in [-0.1, -0.05) is 24.3 Å². The molecule has 0 aliphatic rings. The Morgan fingerprint density at radius 2 is 1.54 bits per heavy atom. The first kappa shape index (κ1) is 18.3. The summed E-state index contributed by atoms with van der Waals surface area (Å²) in [6, 6.07) is 17.3. The van der Waals surface area contributed by atoms with Crippen molar-refractivity contribution < 1.29 is 4.74 Å². The molecule has 4 heteroatoms. The van der Waals surface area contributed by atoms with E-state index in [9.17, 15) is 0 Å². The molecule has 1 N–H and O–H groups in total. The molecule has 0 aliphatic carbocycles. The van der Waals surface area contributed by atoms with Gasteiger partial charge in [0.05, 0.1) is 13.2 Å². The second-order valence-electron chi connectivity index (χ2n) is 6.57. The summed E-state index contributed by atoms with van der Waals surface area (Å²) in [5, 5.41) is 3.55. The molecule has 0 heterocycles. The number of rotatable bonds is 8. The Morgan fingerprint density at radius 3 is 2.04 bits per heavy atom. The fourth-order valence-corrected chi connectivity index (χ4v) is 2.73. The second-order valence-corrected chi connectivity index (χ2v) is 6.57. The van der Waals surface area contributed by atoms with Crippen LogP contribution in [0.15, 0.2) is 48.5 Å². The minimum atomic E-state index is 0.303. The Bertz CT molecular complexity index is 606. The van der Waals surface area contributed by atoms with E-state index in [1.165, 1.54) is 11.1 Å². The molecule has 0 radical (unpaired) electrons. The molecular weight excluding hydrogens is 298 g/mol. The lowest BCUT2D eigenvalue weighted by Gasteiger charge is -2.26. The number of hydrogen-bond donors (Lipinski definition) is 1. The first-order chi connectivity index (χ1) is 11.5. The number of nitrogens with one attached hydrogen (secondary N) is 1. The zero-order valence-corrected chi connectivity index (χ0v) is 15.4. The molecule has 2 aromatic carbocycles. The molecule has 4 nitrogen and oxygen atoms in total. The van der Waals surface area contributed by atoms with Crippen LogP contribution in [0.5, 0.6) is 5.75 Å². The number of ether oxygens (including phenoxy) is 1. The molecule has 24 heavy (non-hydrogen) atoms. The van der Waals surface area contributed by atoms with Crippen LogP contribution < -0.4 is 10.1 Å². The lowest BCUT2D eigenvalue weighted by atomic mass is 10.1. The van der Waals surface area contributed by atoms with E-state index in [-0.39, 0.29) is 0 Å². The molecule has 0 fully saturated rings. The summed E-state index contributed by atoms with van der Waals surface area (Å²) in [5.41, 5.74) is 3.75. The van der Waals surface area contributed by atoms with Crippen molar-refractivity contribution in [3.05, 3.63) is 59.7 Å². The van der Waals surface area contributed by atoms with Crippen molar-refractivity contribution in [3.8, 4) is 5.75 Å². The highest BCUT2D eigenvalue weighted by molar-refractivity contribution is 5.45. The van der Waals surface area contributed by atoms with Gasteiger partial charge in [-0.05, 0) is 63.6 Å². The van der Waals surface area contributed by atoms with Gasteiger partial charge in [-0.2, -0.15) is 0 Å². The zero-order chi connectivity index (χ0) is 17.5. The van der Waals surface area contributed by atoms with Gasteiger partial charge in [0.25, 0.3) is 0 Å². The molecule has 0 saturated heterocycles. The van der Waals surface area contributed by atoms with E-state index in [2.05, 4.69) is 79.7 Å². The molecule has 1 unspecified atom stereocenters. The summed E-state index contributed by atoms with van der Waals surface area (Å²) in [5.74, 6) is 0.890. The lowest BCUT2D eigenvalue weighted by molar-refractivity contribution is 0.311. The lowest BCUT2D eigenvalue weighted by Crippen LogP contribution is -2.26. The van der Waals surface area contributed by atoms with E-state index in [4.69, 9.17) is 4.74 Å². The van der Waals surface area contributed by atoms with E-state index in [0.717, 1.165) is 24.5 Å². The number of methoxy groups -OCH3 is 1. The maximum atomic E-state index is 5.24. The summed E-state index contributed by atoms with van der Waals surface area (Å²) in [4.78, 5) is 4.41. The quantitative estimate of drug-likeness (QED) is 0.803. The fourth-order valence-electron chi connectivity index (χ4n) is 2.73. The van der Waals surface area contributed by atoms with E-state index >= 15 is 0 Å². The summed E-state index contributed by atoms with van der Waals surface area (Å²) in [6.07, 6.45) is 0. The van der Waals surface area contributed by atoms with Gasteiger partial charge in [0.15, 0.2) is 0 Å². The second kappa shape index (κ2) is 8.71. The highest BCUT2D eigenvalue weighted by Crippen LogP contribution is 2.22. The van der Waals surface area contributed by atoms with Crippen LogP contribution in [-0.2, 0) is 6.54 Å². The smallest absolute Gasteiger partial charge is 0.118 e. The Morgan fingerprint density at radius 1 is 0.917 bits per heavy atom. The normalized spacial score (nSPS) is 12.5. The van der Waals surface area contributed by atoms with Crippen molar-refractivity contribution in [2.75, 3.05) is 47.2 Å². The third kappa shape index (κ3) is 5.25. The molecule has 130 valence electrons. The maximum Gasteiger partial charge on any atom is 0.118 e. The van der Waals surface area contributed by atoms with Crippen LogP contribution in [-0.4, -0.2) is 51.6 Å². The summed E-state index contributed by atoms with van der Waals surface area (Å²) >= 11 is 0. The predicted molar refractivity (Wildman–Crippen MR) is 102 cm³/mol. The zero-order valence-electron chi connectivity index (χ0n) is 15.4. The molecular formula is C20H29N3O. The number of anilines is 1. The van der Waals surface area contributed by atoms with E-state index in [1.807, 2.05) is 12.1 Å². The van der Waals surface area contributed by atoms with Crippen molar-refractivity contribution in [2.45, 2.75) is 12.6 Å². The molecule has 2 aromatic rings. The number of likely N-dealkylation sites (N-methyl/N-ethyl adjacent to an activating group) is 1. The number of hydrogen-bond acceptors (Lipinski definition) is 4. The van der Waals surface area contributed by atoms with Crippen molar-refractivity contribution in [3.63, 3.8) is 0 Å². The molecule has 0 aliphatic heterocycles. The summed E-state index contributed by atoms with van der Waals surface area (Å²) < 4.78 is 5.24. The monoisotopic (exact) mass is 327 g/mol. The first-order valence-corrected chi connectivity index (χ1v) is 8.27. The standard InChI is InChI=1S/C20H29N3O/c1-22(2)15-16-6-10-18(11-7-16)21-14-20(23(3)4)17-8-12-19(24-5)13-9-17/h6-13,20-21H,14-15H2,1-5H3. The van der Waals surface area contributed by atoms with Crippen molar-refractivity contribution in [1.82, 2.24) is 9.80 Å². The minimum absolute atomic E-state index is 0.303. The Labute approximate surface area is 146 Å². The Kier molecular flexibility index (Phi) is 6.64. The topological polar surface area (TPSA) is 27.7 Å². The number of nitrogens with zero attached hydrogens (tertiary/aromatic N) is 2. The summed E-state index contributed by atoms with van der Waals surface area (Å²) in [7, 11) is 10.1. The van der Waals surface area contributed by atoms with Gasteiger partial charge in [0.1, 0.15) is 5.75 Å². The van der Waals surface area contributed by atoms with Crippen LogP contribution in [0.1, 0.15) is 17.2 Å². The SMILES string of the molecule is COc1ccc(C(CNc2ccc(CN(C)C)cc2)N(C)C)cc1. The van der Waals surface area contributed by atoms with Crippen LogP contribution >= 0.6 is 0 Å². The molecule has 0 spiro atoms. The van der Waals surface area contributed by atoms with Gasteiger partial charge >= 0.3 is 0 Å². The van der Waals surface area contributed by atoms with Gasteiger partial charge < -0.3 is 19.9 Å². The van der Waals surface area contributed by atoms with Crippen LogP contribution in [0.2, 0.25) is 0 Å². The third-order valence-electron chi connectivity index (χ3n) is 4.08. The van der Waals surface area contributed by atoms with Gasteiger partial charge in [-0.15, -0.1) is 0 Å². The molecule has 0 amide bonds. The minimum Gasteiger partial charge on any atom is -0.497 e. The van der Waals surface area contributed by atoms with Crippen molar-refractivity contribution in [1.29, 1.82) is 0 Å². The molecule has 0 saturated carbocycles. The van der Waals surface area contributed by atoms with Crippen LogP contribution in [0.4, 0.5) is 5.69 Å². The van der Waals surface area contributed by atoms with Gasteiger partial charge in [0.2, 0.25) is 0 Å². The van der Waals surface area contributed by atoms with Crippen LogP contribution in [0.3, 0.4) is 0 Å². The van der Waals surface area contributed by atoms with Gasteiger partial charge in [0, 0.05) is 18.8 Å². The predicted octanol–water partition coefficient (Wildman–Crippen LogP) is 3.47. The van der Waals surface area contributed by atoms with Crippen LogP contribution in [0, 0.1) is 0 Å². The molecule has 2 rings (SSSR count). The van der Waals surface area contributed by atoms with E-state index < -0.39 is 0 Å². The Balaban J connectivity index is 2.00. The van der Waals surface area contributed by atoms with Crippen molar-refractivity contribution >= 4 is 5.69 Å². The fraction of sp³-hybridized carbons (Fsp3) is 0.400. The van der Waals surface area contributed by atoms with Gasteiger partial charge in [-0.25, -0.2) is 0 Å². The van der Waals surface area contributed by atoms with Gasteiger partial charge in [-0.3, -0.25) is 0 Å². The van der Waals surface area contributed by atoms with E-state index in [0.29, 0.717) is 6.04 Å². The average molecular weight is 327 g/mol. The summed E-state index contributed by atoms with van der Waals surface area (Å²) in [6.45, 7) is 1.82. The molecule has 1 atom stereocenters. The maximum absolute atomic E-state index is 5.24. The number of benzene rings is 2. The highest BCUT2D eigenvalue weighted by atomic mass is 16.5. The molecule has 0 bridgehead atoms. The first-order valence-electron chi connectivity index (χ1n) is 8.27. The molecule has 0 aromatic heterocycles. The van der Waals surface area contributed by atoms with Crippen LogP contribution in [0.25, 0.3) is 0 Å². The highest BCUT2D eigenvalue weighted by Gasteiger charge is 2.14.